The Labute approximate surface area is 56.5 Å². The van der Waals surface area contributed by atoms with Gasteiger partial charge in [0.15, 0.2) is 0 Å². The van der Waals surface area contributed by atoms with Gasteiger partial charge in [0.2, 0.25) is 0 Å². The van der Waals surface area contributed by atoms with Crippen LogP contribution >= 0.6 is 0 Å². The fourth-order valence-corrected chi connectivity index (χ4v) is 0.601. The van der Waals surface area contributed by atoms with E-state index in [1.807, 2.05) is 0 Å². The van der Waals surface area contributed by atoms with Crippen LogP contribution in [0.5, 0.6) is 0 Å². The molecule has 0 aromatic carbocycles. The molecule has 0 rings (SSSR count). The lowest BCUT2D eigenvalue weighted by atomic mass is 10.1. The van der Waals surface area contributed by atoms with Crippen molar-refractivity contribution in [2.24, 2.45) is 0 Å². The van der Waals surface area contributed by atoms with Gasteiger partial charge in [-0.2, -0.15) is 0 Å². The van der Waals surface area contributed by atoms with E-state index in [0.717, 1.165) is 19.3 Å². The first-order valence-corrected chi connectivity index (χ1v) is 3.20. The summed E-state index contributed by atoms with van der Waals surface area (Å²) in [7, 11) is 0. The third-order valence-corrected chi connectivity index (χ3v) is 1.10. The zero-order valence-corrected chi connectivity index (χ0v) is 5.81. The molecule has 0 unspecified atom stereocenters. The van der Waals surface area contributed by atoms with E-state index in [1.165, 1.54) is 0 Å². The van der Waals surface area contributed by atoms with Gasteiger partial charge < -0.3 is 4.79 Å². The van der Waals surface area contributed by atoms with Gasteiger partial charge in [-0.05, 0) is 19.8 Å². The van der Waals surface area contributed by atoms with E-state index in [0.29, 0.717) is 6.42 Å². The van der Waals surface area contributed by atoms with Crippen LogP contribution in [0.15, 0.2) is 0 Å². The summed E-state index contributed by atoms with van der Waals surface area (Å²) in [6, 6.07) is 0. The summed E-state index contributed by atoms with van der Waals surface area (Å²) in [5, 5.41) is 0. The maximum atomic E-state index is 10.4. The second-order valence-electron chi connectivity index (χ2n) is 2.11. The van der Waals surface area contributed by atoms with E-state index in [4.69, 9.17) is 6.42 Å². The monoisotopic (exact) mass is 124 g/mol. The highest BCUT2D eigenvalue weighted by Gasteiger charge is 1.90. The van der Waals surface area contributed by atoms with Crippen molar-refractivity contribution in [1.29, 1.82) is 0 Å². The SMILES string of the molecule is C#CCCCCC(C)=O. The fourth-order valence-electron chi connectivity index (χ4n) is 0.601. The molecule has 50 valence electrons. The quantitative estimate of drug-likeness (QED) is 0.412. The van der Waals surface area contributed by atoms with E-state index in [1.54, 1.807) is 6.92 Å². The minimum atomic E-state index is 0.257. The Morgan fingerprint density at radius 2 is 2.22 bits per heavy atom. The largest absolute Gasteiger partial charge is 0.300 e. The Hall–Kier alpha value is -0.770. The van der Waals surface area contributed by atoms with Crippen molar-refractivity contribution in [3.63, 3.8) is 0 Å². The highest BCUT2D eigenvalue weighted by Crippen LogP contribution is 1.98. The lowest BCUT2D eigenvalue weighted by Crippen LogP contribution is -1.88. The molecule has 0 N–H and O–H groups in total. The summed E-state index contributed by atoms with van der Waals surface area (Å²) in [6.45, 7) is 1.61. The van der Waals surface area contributed by atoms with Crippen molar-refractivity contribution in [1.82, 2.24) is 0 Å². The van der Waals surface area contributed by atoms with Crippen LogP contribution in [0.3, 0.4) is 0 Å². The molecule has 0 spiro atoms. The maximum absolute atomic E-state index is 10.4. The first-order chi connectivity index (χ1) is 4.27. The van der Waals surface area contributed by atoms with Gasteiger partial charge in [-0.3, -0.25) is 0 Å². The summed E-state index contributed by atoms with van der Waals surface area (Å²) >= 11 is 0. The second-order valence-corrected chi connectivity index (χ2v) is 2.11. The first-order valence-electron chi connectivity index (χ1n) is 3.20. The molecule has 0 bridgehead atoms. The Morgan fingerprint density at radius 3 is 2.67 bits per heavy atom. The van der Waals surface area contributed by atoms with E-state index < -0.39 is 0 Å². The molecule has 0 aromatic heterocycles. The smallest absolute Gasteiger partial charge is 0.129 e. The molecule has 0 aliphatic carbocycles. The van der Waals surface area contributed by atoms with Crippen LogP contribution in [0.1, 0.15) is 32.6 Å². The number of ketones is 1. The van der Waals surface area contributed by atoms with Crippen LogP contribution in [-0.4, -0.2) is 5.78 Å². The third kappa shape index (κ3) is 7.23. The van der Waals surface area contributed by atoms with Crippen molar-refractivity contribution in [3.05, 3.63) is 0 Å². The summed E-state index contributed by atoms with van der Waals surface area (Å²) in [5.41, 5.74) is 0. The number of unbranched alkanes of at least 4 members (excludes halogenated alkanes) is 2. The third-order valence-electron chi connectivity index (χ3n) is 1.10. The van der Waals surface area contributed by atoms with Crippen molar-refractivity contribution < 1.29 is 4.79 Å². The predicted octanol–water partition coefficient (Wildman–Crippen LogP) is 1.77. The Morgan fingerprint density at radius 1 is 1.56 bits per heavy atom. The van der Waals surface area contributed by atoms with Crippen LogP contribution in [0.25, 0.3) is 0 Å². The molecule has 0 aromatic rings. The summed E-state index contributed by atoms with van der Waals surface area (Å²) in [5.74, 6) is 2.79. The predicted molar refractivity (Wildman–Crippen MR) is 38.0 cm³/mol. The van der Waals surface area contributed by atoms with E-state index in [-0.39, 0.29) is 5.78 Å². The molecule has 9 heavy (non-hydrogen) atoms. The van der Waals surface area contributed by atoms with E-state index >= 15 is 0 Å². The zero-order valence-electron chi connectivity index (χ0n) is 5.81. The molecule has 0 aliphatic rings. The van der Waals surface area contributed by atoms with Gasteiger partial charge in [-0.1, -0.05) is 0 Å². The van der Waals surface area contributed by atoms with E-state index in [9.17, 15) is 4.79 Å². The number of carbonyl (C=O) groups is 1. The van der Waals surface area contributed by atoms with Crippen molar-refractivity contribution in [2.45, 2.75) is 32.6 Å². The normalized spacial score (nSPS) is 8.44. The minimum Gasteiger partial charge on any atom is -0.300 e. The van der Waals surface area contributed by atoms with Crippen LogP contribution in [0.4, 0.5) is 0 Å². The lowest BCUT2D eigenvalue weighted by Gasteiger charge is -1.90. The van der Waals surface area contributed by atoms with Crippen molar-refractivity contribution in [2.75, 3.05) is 0 Å². The minimum absolute atomic E-state index is 0.257. The van der Waals surface area contributed by atoms with Gasteiger partial charge in [0, 0.05) is 12.8 Å². The van der Waals surface area contributed by atoms with Crippen molar-refractivity contribution >= 4 is 5.78 Å². The number of Topliss-reactive ketones (excluding diaryl/α,β-unsaturated/α-hetero) is 1. The molecule has 1 heteroatoms. The van der Waals surface area contributed by atoms with Gasteiger partial charge in [-0.15, -0.1) is 12.3 Å². The number of terminal acetylenes is 1. The molecule has 0 heterocycles. The van der Waals surface area contributed by atoms with Crippen LogP contribution in [-0.2, 0) is 4.79 Å². The molecular weight excluding hydrogens is 112 g/mol. The fraction of sp³-hybridized carbons (Fsp3) is 0.625. The molecule has 0 amide bonds. The highest BCUT2D eigenvalue weighted by atomic mass is 16.1. The molecule has 1 nitrogen and oxygen atoms in total. The Kier molecular flexibility index (Phi) is 4.91. The number of hydrogen-bond acceptors (Lipinski definition) is 1. The number of carbonyl (C=O) groups excluding carboxylic acids is 1. The summed E-state index contributed by atoms with van der Waals surface area (Å²) < 4.78 is 0. The molecule has 0 radical (unpaired) electrons. The highest BCUT2D eigenvalue weighted by molar-refractivity contribution is 5.75. The second kappa shape index (κ2) is 5.37. The van der Waals surface area contributed by atoms with Crippen molar-refractivity contribution in [3.8, 4) is 12.3 Å². The average Bonchev–Trinajstić information content (AvgIpc) is 1.80. The van der Waals surface area contributed by atoms with Gasteiger partial charge >= 0.3 is 0 Å². The van der Waals surface area contributed by atoms with E-state index in [2.05, 4.69) is 5.92 Å². The standard InChI is InChI=1S/C8H12O/c1-3-4-5-6-7-8(2)9/h1H,4-7H2,2H3. The molecule has 0 fully saturated rings. The van der Waals surface area contributed by atoms with Crippen LogP contribution in [0.2, 0.25) is 0 Å². The molecule has 0 aliphatic heterocycles. The molecule has 0 atom stereocenters. The Balaban J connectivity index is 2.94. The maximum Gasteiger partial charge on any atom is 0.129 e. The molecule has 0 saturated carbocycles. The summed E-state index contributed by atoms with van der Waals surface area (Å²) in [6.07, 6.45) is 8.42. The number of rotatable bonds is 4. The lowest BCUT2D eigenvalue weighted by molar-refractivity contribution is -0.117. The Bertz CT molecular complexity index is 119. The zero-order chi connectivity index (χ0) is 7.11. The van der Waals surface area contributed by atoms with Gasteiger partial charge in [-0.25, -0.2) is 0 Å². The number of hydrogen-bond donors (Lipinski definition) is 0. The molecular formula is C8H12O. The van der Waals surface area contributed by atoms with Gasteiger partial charge in [0.1, 0.15) is 5.78 Å². The van der Waals surface area contributed by atoms with Crippen LogP contribution < -0.4 is 0 Å². The molecule has 0 saturated heterocycles. The van der Waals surface area contributed by atoms with Crippen LogP contribution in [0, 0.1) is 12.3 Å². The van der Waals surface area contributed by atoms with Gasteiger partial charge in [0.25, 0.3) is 0 Å². The summed E-state index contributed by atoms with van der Waals surface area (Å²) in [4.78, 5) is 10.4. The van der Waals surface area contributed by atoms with Gasteiger partial charge in [0.05, 0.1) is 0 Å². The first kappa shape index (κ1) is 8.23. The average molecular weight is 124 g/mol. The topological polar surface area (TPSA) is 17.1 Å².